The average molecular weight is 308 g/mol. The molecule has 0 saturated carbocycles. The maximum absolute atomic E-state index is 12.1. The Morgan fingerprint density at radius 3 is 2.38 bits per heavy atom. The second-order valence-electron chi connectivity index (χ2n) is 4.15. The molecule has 0 bridgehead atoms. The number of carboxylic acid groups (broad SMARTS) is 1. The Kier molecular flexibility index (Phi) is 4.00. The molecule has 1 amide bonds. The van der Waals surface area contributed by atoms with Crippen LogP contribution in [0, 0.1) is 0 Å². The quantitative estimate of drug-likeness (QED) is 0.652. The zero-order valence-electron chi connectivity index (χ0n) is 10.5. The summed E-state index contributed by atoms with van der Waals surface area (Å²) in [6, 6.07) is 7.42. The van der Waals surface area contributed by atoms with Crippen molar-refractivity contribution >= 4 is 29.2 Å². The minimum atomic E-state index is -1.31. The van der Waals surface area contributed by atoms with Gasteiger partial charge in [-0.1, -0.05) is 11.6 Å². The van der Waals surface area contributed by atoms with Gasteiger partial charge in [0.2, 0.25) is 0 Å². The molecule has 21 heavy (non-hydrogen) atoms. The van der Waals surface area contributed by atoms with Crippen molar-refractivity contribution in [1.82, 2.24) is 0 Å². The molecule has 0 unspecified atom stereocenters. The predicted octanol–water partition coefficient (Wildman–Crippen LogP) is 2.70. The highest BCUT2D eigenvalue weighted by Crippen LogP contribution is 2.25. The summed E-state index contributed by atoms with van der Waals surface area (Å²) in [5, 5.41) is 30.6. The lowest BCUT2D eigenvalue weighted by Gasteiger charge is -2.10. The van der Waals surface area contributed by atoms with Crippen LogP contribution in [0.4, 0.5) is 5.69 Å². The van der Waals surface area contributed by atoms with E-state index in [1.165, 1.54) is 30.3 Å². The fraction of sp³-hybridized carbons (Fsp3) is 0. The molecule has 2 aromatic carbocycles. The van der Waals surface area contributed by atoms with Crippen molar-refractivity contribution in [1.29, 1.82) is 0 Å². The van der Waals surface area contributed by atoms with Crippen LogP contribution in [0.3, 0.4) is 0 Å². The Labute approximate surface area is 124 Å². The largest absolute Gasteiger partial charge is 0.508 e. The lowest BCUT2D eigenvalue weighted by molar-refractivity contribution is 0.0697. The van der Waals surface area contributed by atoms with E-state index in [1.54, 1.807) is 0 Å². The van der Waals surface area contributed by atoms with Crippen molar-refractivity contribution in [2.24, 2.45) is 0 Å². The van der Waals surface area contributed by atoms with Crippen LogP contribution in [-0.4, -0.2) is 27.2 Å². The Hall–Kier alpha value is -2.73. The smallest absolute Gasteiger partial charge is 0.337 e. The number of halogens is 1. The molecule has 0 atom stereocenters. The fourth-order valence-electron chi connectivity index (χ4n) is 1.70. The van der Waals surface area contributed by atoms with Crippen LogP contribution >= 0.6 is 11.6 Å². The number of carbonyl (C=O) groups excluding carboxylic acids is 1. The lowest BCUT2D eigenvalue weighted by atomic mass is 10.1. The number of aromatic carboxylic acids is 1. The summed E-state index contributed by atoms with van der Waals surface area (Å²) in [5.74, 6) is -2.55. The maximum Gasteiger partial charge on any atom is 0.337 e. The average Bonchev–Trinajstić information content (AvgIpc) is 2.43. The van der Waals surface area contributed by atoms with Crippen molar-refractivity contribution in [3.63, 3.8) is 0 Å². The molecule has 0 aliphatic carbocycles. The van der Waals surface area contributed by atoms with E-state index >= 15 is 0 Å². The van der Waals surface area contributed by atoms with Crippen molar-refractivity contribution in [3.05, 3.63) is 52.5 Å². The third kappa shape index (κ3) is 3.24. The highest BCUT2D eigenvalue weighted by Gasteiger charge is 2.16. The van der Waals surface area contributed by atoms with Gasteiger partial charge in [-0.15, -0.1) is 0 Å². The number of rotatable bonds is 3. The molecule has 0 aromatic heterocycles. The zero-order valence-corrected chi connectivity index (χ0v) is 11.3. The van der Waals surface area contributed by atoms with E-state index in [4.69, 9.17) is 16.7 Å². The molecule has 0 aliphatic heterocycles. The van der Waals surface area contributed by atoms with Crippen LogP contribution in [0.2, 0.25) is 5.02 Å². The number of amides is 1. The molecule has 0 heterocycles. The zero-order chi connectivity index (χ0) is 15.6. The van der Waals surface area contributed by atoms with E-state index in [9.17, 15) is 19.8 Å². The Balaban J connectivity index is 2.36. The summed E-state index contributed by atoms with van der Waals surface area (Å²) in [6.45, 7) is 0. The number of phenols is 2. The predicted molar refractivity (Wildman–Crippen MR) is 76.1 cm³/mol. The molecule has 6 nitrogen and oxygen atoms in total. The van der Waals surface area contributed by atoms with E-state index < -0.39 is 11.9 Å². The molecule has 0 aliphatic rings. The number of hydrogen-bond donors (Lipinski definition) is 4. The van der Waals surface area contributed by atoms with Gasteiger partial charge in [-0.05, 0) is 36.4 Å². The topological polar surface area (TPSA) is 107 Å². The van der Waals surface area contributed by atoms with Gasteiger partial charge in [0.1, 0.15) is 11.5 Å². The van der Waals surface area contributed by atoms with Gasteiger partial charge >= 0.3 is 5.97 Å². The van der Waals surface area contributed by atoms with Gasteiger partial charge in [0.15, 0.2) is 0 Å². The maximum atomic E-state index is 12.1. The van der Waals surface area contributed by atoms with Crippen molar-refractivity contribution in [2.75, 3.05) is 5.32 Å². The molecular weight excluding hydrogens is 298 g/mol. The number of anilines is 1. The van der Waals surface area contributed by atoms with E-state index in [0.29, 0.717) is 0 Å². The molecule has 2 aromatic rings. The SMILES string of the molecule is O=C(Nc1ccc(O)cc1C(=O)O)c1cc(Cl)ccc1O. The van der Waals surface area contributed by atoms with Gasteiger partial charge in [0.25, 0.3) is 5.91 Å². The third-order valence-electron chi connectivity index (χ3n) is 2.68. The number of benzene rings is 2. The minimum Gasteiger partial charge on any atom is -0.508 e. The number of carbonyl (C=O) groups is 2. The normalized spacial score (nSPS) is 10.1. The standard InChI is InChI=1S/C14H10ClNO5/c15-7-1-4-12(18)10(5-7)13(19)16-11-3-2-8(17)6-9(11)14(20)21/h1-6,17-18H,(H,16,19)(H,20,21). The van der Waals surface area contributed by atoms with Gasteiger partial charge in [-0.2, -0.15) is 0 Å². The van der Waals surface area contributed by atoms with Gasteiger partial charge < -0.3 is 20.6 Å². The first-order valence-corrected chi connectivity index (χ1v) is 6.12. The van der Waals surface area contributed by atoms with Gasteiger partial charge in [-0.25, -0.2) is 4.79 Å². The summed E-state index contributed by atoms with van der Waals surface area (Å²) in [7, 11) is 0. The number of phenolic OH excluding ortho intramolecular Hbond substituents is 2. The van der Waals surface area contributed by atoms with E-state index in [-0.39, 0.29) is 33.3 Å². The molecule has 0 fully saturated rings. The number of aromatic hydroxyl groups is 2. The first kappa shape index (κ1) is 14.7. The summed E-state index contributed by atoms with van der Waals surface area (Å²) in [4.78, 5) is 23.1. The first-order valence-electron chi connectivity index (χ1n) is 5.74. The first-order chi connectivity index (χ1) is 9.88. The Morgan fingerprint density at radius 1 is 1.00 bits per heavy atom. The summed E-state index contributed by atoms with van der Waals surface area (Å²) < 4.78 is 0. The molecule has 0 saturated heterocycles. The lowest BCUT2D eigenvalue weighted by Crippen LogP contribution is -2.15. The molecule has 2 rings (SSSR count). The van der Waals surface area contributed by atoms with Crippen LogP contribution in [0.15, 0.2) is 36.4 Å². The van der Waals surface area contributed by atoms with E-state index in [1.807, 2.05) is 0 Å². The molecule has 0 spiro atoms. The van der Waals surface area contributed by atoms with Crippen LogP contribution in [0.1, 0.15) is 20.7 Å². The Bertz CT molecular complexity index is 729. The second-order valence-corrected chi connectivity index (χ2v) is 4.59. The molecule has 4 N–H and O–H groups in total. The van der Waals surface area contributed by atoms with Crippen LogP contribution < -0.4 is 5.32 Å². The molecule has 108 valence electrons. The molecular formula is C14H10ClNO5. The molecule has 7 heteroatoms. The molecule has 0 radical (unpaired) electrons. The Morgan fingerprint density at radius 2 is 1.71 bits per heavy atom. The van der Waals surface area contributed by atoms with E-state index in [2.05, 4.69) is 5.32 Å². The number of nitrogens with one attached hydrogen (secondary N) is 1. The summed E-state index contributed by atoms with van der Waals surface area (Å²) >= 11 is 5.75. The number of carboxylic acids is 1. The van der Waals surface area contributed by atoms with Gasteiger partial charge in [-0.3, -0.25) is 4.79 Å². The van der Waals surface area contributed by atoms with Crippen molar-refractivity contribution in [2.45, 2.75) is 0 Å². The third-order valence-corrected chi connectivity index (χ3v) is 2.92. The summed E-state index contributed by atoms with van der Waals surface area (Å²) in [6.07, 6.45) is 0. The van der Waals surface area contributed by atoms with E-state index in [0.717, 1.165) is 6.07 Å². The van der Waals surface area contributed by atoms with Crippen LogP contribution in [0.25, 0.3) is 0 Å². The summed E-state index contributed by atoms with van der Waals surface area (Å²) in [5.41, 5.74) is -0.374. The van der Waals surface area contributed by atoms with Crippen molar-refractivity contribution in [3.8, 4) is 11.5 Å². The van der Waals surface area contributed by atoms with Gasteiger partial charge in [0.05, 0.1) is 16.8 Å². The number of hydrogen-bond acceptors (Lipinski definition) is 4. The van der Waals surface area contributed by atoms with Gasteiger partial charge in [0, 0.05) is 5.02 Å². The van der Waals surface area contributed by atoms with Crippen LogP contribution in [0.5, 0.6) is 11.5 Å². The second kappa shape index (κ2) is 5.72. The fourth-order valence-corrected chi connectivity index (χ4v) is 1.87. The monoisotopic (exact) mass is 307 g/mol. The van der Waals surface area contributed by atoms with Crippen molar-refractivity contribution < 1.29 is 24.9 Å². The highest BCUT2D eigenvalue weighted by molar-refractivity contribution is 6.31. The minimum absolute atomic E-state index is 0.00956. The van der Waals surface area contributed by atoms with Crippen LogP contribution in [-0.2, 0) is 0 Å². The highest BCUT2D eigenvalue weighted by atomic mass is 35.5.